The number of imidazole rings is 1. The smallest absolute Gasteiger partial charge is 0.283 e. The Labute approximate surface area is 128 Å². The van der Waals surface area contributed by atoms with Crippen LogP contribution in [0.4, 0.5) is 11.4 Å². The molecule has 2 N–H and O–H groups in total. The van der Waals surface area contributed by atoms with Crippen molar-refractivity contribution in [1.82, 2.24) is 9.97 Å². The molecule has 1 aromatic heterocycles. The minimum absolute atomic E-state index is 0.0613. The minimum atomic E-state index is -3.81. The van der Waals surface area contributed by atoms with Crippen molar-refractivity contribution >= 4 is 37.3 Å². The molecule has 2 aromatic rings. The summed E-state index contributed by atoms with van der Waals surface area (Å²) < 4.78 is 26.8. The maximum atomic E-state index is 12.1. The zero-order valence-corrected chi connectivity index (χ0v) is 13.2. The highest BCUT2D eigenvalue weighted by molar-refractivity contribution is 9.10. The Morgan fingerprint density at radius 3 is 2.71 bits per heavy atom. The molecule has 10 heteroatoms. The SMILES string of the molecule is CCc1ncc(S(=O)(=O)Nc2ccc([N+](=O)[O-])c(Br)c2)[nH]1. The zero-order chi connectivity index (χ0) is 15.6. The fourth-order valence-electron chi connectivity index (χ4n) is 1.59. The fourth-order valence-corrected chi connectivity index (χ4v) is 3.10. The van der Waals surface area contributed by atoms with E-state index >= 15 is 0 Å². The molecule has 0 saturated carbocycles. The van der Waals surface area contributed by atoms with Gasteiger partial charge in [-0.15, -0.1) is 0 Å². The molecular formula is C11H11BrN4O4S. The zero-order valence-electron chi connectivity index (χ0n) is 10.8. The molecule has 0 bridgehead atoms. The molecule has 0 aliphatic heterocycles. The number of halogens is 1. The van der Waals surface area contributed by atoms with E-state index in [2.05, 4.69) is 30.6 Å². The summed E-state index contributed by atoms with van der Waals surface area (Å²) in [5, 5.41) is 10.6. The third-order valence-corrected chi connectivity index (χ3v) is 4.55. The van der Waals surface area contributed by atoms with Crippen LogP contribution in [0, 0.1) is 10.1 Å². The lowest BCUT2D eigenvalue weighted by atomic mass is 10.3. The van der Waals surface area contributed by atoms with Gasteiger partial charge in [-0.25, -0.2) is 4.98 Å². The maximum Gasteiger partial charge on any atom is 0.283 e. The van der Waals surface area contributed by atoms with Gasteiger partial charge in [-0.3, -0.25) is 14.8 Å². The second-order valence-corrected chi connectivity index (χ2v) is 6.58. The highest BCUT2D eigenvalue weighted by atomic mass is 79.9. The van der Waals surface area contributed by atoms with Crippen molar-refractivity contribution in [1.29, 1.82) is 0 Å². The van der Waals surface area contributed by atoms with E-state index in [1.54, 1.807) is 0 Å². The van der Waals surface area contributed by atoms with Crippen molar-refractivity contribution in [3.63, 3.8) is 0 Å². The number of aryl methyl sites for hydroxylation is 1. The van der Waals surface area contributed by atoms with Gasteiger partial charge < -0.3 is 4.98 Å². The minimum Gasteiger partial charge on any atom is -0.332 e. The number of hydrogen-bond acceptors (Lipinski definition) is 5. The standard InChI is InChI=1S/C11H11BrN4O4S/c1-2-10-13-6-11(14-10)21(19,20)15-7-3-4-9(16(17)18)8(12)5-7/h3-6,15H,2H2,1H3,(H,13,14). The molecule has 2 rings (SSSR count). The number of benzene rings is 1. The monoisotopic (exact) mass is 374 g/mol. The highest BCUT2D eigenvalue weighted by Crippen LogP contribution is 2.28. The largest absolute Gasteiger partial charge is 0.332 e. The Bertz CT molecular complexity index is 787. The van der Waals surface area contributed by atoms with Gasteiger partial charge in [0, 0.05) is 12.5 Å². The molecule has 21 heavy (non-hydrogen) atoms. The number of aromatic amines is 1. The van der Waals surface area contributed by atoms with E-state index in [4.69, 9.17) is 0 Å². The Hall–Kier alpha value is -1.94. The number of nitrogens with zero attached hydrogens (tertiary/aromatic N) is 2. The molecule has 1 aromatic carbocycles. The van der Waals surface area contributed by atoms with Crippen LogP contribution >= 0.6 is 15.9 Å². The van der Waals surface area contributed by atoms with Crippen LogP contribution in [-0.2, 0) is 16.4 Å². The second-order valence-electron chi connectivity index (χ2n) is 4.08. The van der Waals surface area contributed by atoms with Gasteiger partial charge in [0.05, 0.1) is 21.3 Å². The third kappa shape index (κ3) is 3.39. The van der Waals surface area contributed by atoms with Gasteiger partial charge in [-0.1, -0.05) is 6.92 Å². The number of nitro benzene ring substituents is 1. The van der Waals surface area contributed by atoms with Gasteiger partial charge in [0.2, 0.25) is 0 Å². The molecule has 0 atom stereocenters. The highest BCUT2D eigenvalue weighted by Gasteiger charge is 2.19. The van der Waals surface area contributed by atoms with Gasteiger partial charge >= 0.3 is 0 Å². The van der Waals surface area contributed by atoms with E-state index < -0.39 is 14.9 Å². The number of aromatic nitrogens is 2. The summed E-state index contributed by atoms with van der Waals surface area (Å²) in [6, 6.07) is 3.86. The topological polar surface area (TPSA) is 118 Å². The number of H-pyrrole nitrogens is 1. The molecule has 0 aliphatic carbocycles. The molecule has 0 amide bonds. The number of rotatable bonds is 5. The van der Waals surface area contributed by atoms with E-state index in [0.29, 0.717) is 12.2 Å². The maximum absolute atomic E-state index is 12.1. The van der Waals surface area contributed by atoms with Crippen LogP contribution in [0.2, 0.25) is 0 Å². The number of anilines is 1. The van der Waals surface area contributed by atoms with Crippen LogP contribution in [0.1, 0.15) is 12.7 Å². The Kier molecular flexibility index (Phi) is 4.28. The summed E-state index contributed by atoms with van der Waals surface area (Å²) in [6.07, 6.45) is 1.81. The van der Waals surface area contributed by atoms with Gasteiger partial charge in [0.15, 0.2) is 5.03 Å². The molecule has 1 heterocycles. The van der Waals surface area contributed by atoms with Crippen LogP contribution < -0.4 is 4.72 Å². The second kappa shape index (κ2) is 5.82. The van der Waals surface area contributed by atoms with E-state index in [0.717, 1.165) is 0 Å². The Morgan fingerprint density at radius 2 is 2.19 bits per heavy atom. The molecule has 0 fully saturated rings. The number of hydrogen-bond donors (Lipinski definition) is 2. The van der Waals surface area contributed by atoms with Crippen molar-refractivity contribution in [3.05, 3.63) is 44.8 Å². The number of sulfonamides is 1. The molecule has 0 radical (unpaired) electrons. The lowest BCUT2D eigenvalue weighted by Gasteiger charge is -2.06. The molecular weight excluding hydrogens is 364 g/mol. The Morgan fingerprint density at radius 1 is 1.48 bits per heavy atom. The van der Waals surface area contributed by atoms with Crippen LogP contribution in [0.5, 0.6) is 0 Å². The lowest BCUT2D eigenvalue weighted by molar-refractivity contribution is -0.385. The van der Waals surface area contributed by atoms with Crippen LogP contribution in [0.25, 0.3) is 0 Å². The molecule has 0 unspecified atom stereocenters. The average molecular weight is 375 g/mol. The summed E-state index contributed by atoms with van der Waals surface area (Å²) in [7, 11) is -3.81. The summed E-state index contributed by atoms with van der Waals surface area (Å²) in [6.45, 7) is 1.84. The van der Waals surface area contributed by atoms with Crippen LogP contribution in [0.3, 0.4) is 0 Å². The van der Waals surface area contributed by atoms with Gasteiger partial charge in [0.1, 0.15) is 5.82 Å². The normalized spacial score (nSPS) is 11.3. The first-order valence-electron chi connectivity index (χ1n) is 5.84. The van der Waals surface area contributed by atoms with E-state index in [9.17, 15) is 18.5 Å². The third-order valence-electron chi connectivity index (χ3n) is 2.63. The summed E-state index contributed by atoms with van der Waals surface area (Å²) in [5.41, 5.74) is 0.0629. The predicted molar refractivity (Wildman–Crippen MR) is 79.6 cm³/mol. The first-order chi connectivity index (χ1) is 9.83. The molecule has 0 saturated heterocycles. The van der Waals surface area contributed by atoms with E-state index in [1.165, 1.54) is 24.4 Å². The molecule has 112 valence electrons. The number of nitrogens with one attached hydrogen (secondary N) is 2. The first-order valence-corrected chi connectivity index (χ1v) is 8.11. The number of nitro groups is 1. The lowest BCUT2D eigenvalue weighted by Crippen LogP contribution is -2.13. The van der Waals surface area contributed by atoms with Gasteiger partial charge in [-0.05, 0) is 28.1 Å². The quantitative estimate of drug-likeness (QED) is 0.615. The predicted octanol–water partition coefficient (Wildman–Crippen LogP) is 2.44. The van der Waals surface area contributed by atoms with Gasteiger partial charge in [-0.2, -0.15) is 8.42 Å². The van der Waals surface area contributed by atoms with Crippen molar-refractivity contribution in [3.8, 4) is 0 Å². The molecule has 0 spiro atoms. The summed E-state index contributed by atoms with van der Waals surface area (Å²) >= 11 is 3.03. The Balaban J connectivity index is 2.28. The molecule has 0 aliphatic rings. The fraction of sp³-hybridized carbons (Fsp3) is 0.182. The molecule has 8 nitrogen and oxygen atoms in total. The van der Waals surface area contributed by atoms with Crippen LogP contribution in [0.15, 0.2) is 33.9 Å². The van der Waals surface area contributed by atoms with E-state index in [1.807, 2.05) is 6.92 Å². The van der Waals surface area contributed by atoms with Crippen LogP contribution in [-0.4, -0.2) is 23.3 Å². The van der Waals surface area contributed by atoms with Crippen molar-refractivity contribution in [2.45, 2.75) is 18.4 Å². The van der Waals surface area contributed by atoms with Crippen molar-refractivity contribution in [2.24, 2.45) is 0 Å². The first kappa shape index (κ1) is 15.4. The van der Waals surface area contributed by atoms with Gasteiger partial charge in [0.25, 0.3) is 15.7 Å². The van der Waals surface area contributed by atoms with Crippen molar-refractivity contribution < 1.29 is 13.3 Å². The van der Waals surface area contributed by atoms with Crippen molar-refractivity contribution in [2.75, 3.05) is 4.72 Å². The summed E-state index contributed by atoms with van der Waals surface area (Å²) in [5.74, 6) is 0.556. The van der Waals surface area contributed by atoms with E-state index in [-0.39, 0.29) is 20.9 Å². The summed E-state index contributed by atoms with van der Waals surface area (Å²) in [4.78, 5) is 16.7. The average Bonchev–Trinajstić information content (AvgIpc) is 2.87.